The third-order valence-electron chi connectivity index (χ3n) is 5.26. The van der Waals surface area contributed by atoms with E-state index in [1.165, 1.54) is 25.3 Å². The van der Waals surface area contributed by atoms with E-state index in [2.05, 4.69) is 10.00 Å². The predicted octanol–water partition coefficient (Wildman–Crippen LogP) is 2.71. The van der Waals surface area contributed by atoms with E-state index in [-0.39, 0.29) is 11.6 Å². The average Bonchev–Trinajstić information content (AvgIpc) is 3.18. The molecule has 1 aliphatic carbocycles. The first-order valence-electron chi connectivity index (χ1n) is 9.08. The van der Waals surface area contributed by atoms with Crippen molar-refractivity contribution in [3.05, 3.63) is 29.7 Å². The number of nitrogens with two attached hydrogens (primary N) is 1. The van der Waals surface area contributed by atoms with Crippen molar-refractivity contribution in [1.29, 1.82) is 0 Å². The smallest absolute Gasteiger partial charge is 0.475 e. The van der Waals surface area contributed by atoms with E-state index < -0.39 is 23.9 Å². The van der Waals surface area contributed by atoms with Gasteiger partial charge in [-0.1, -0.05) is 6.42 Å². The molecule has 1 atom stereocenters. The standard InChI is InChI=1S/C16H19FN4O.C2HF3O2/c17-11-6-10-8-21(19-15(10)14(7-11)16(18)22)13-4-5-20(9-13)12-2-1-3-12;3-2(4,5)1(6)7/h6-8,12-13H,1-5,9H2,(H2,18,22);(H,6,7). The van der Waals surface area contributed by atoms with Crippen molar-refractivity contribution < 1.29 is 32.3 Å². The number of aliphatic carboxylic acids is 1. The summed E-state index contributed by atoms with van der Waals surface area (Å²) in [7, 11) is 0. The molecular formula is C18H20F4N4O3. The molecule has 2 aliphatic rings. The Morgan fingerprint density at radius 3 is 2.34 bits per heavy atom. The third kappa shape index (κ3) is 4.66. The van der Waals surface area contributed by atoms with E-state index >= 15 is 0 Å². The van der Waals surface area contributed by atoms with Gasteiger partial charge in [-0.2, -0.15) is 18.3 Å². The second-order valence-electron chi connectivity index (χ2n) is 7.19. The summed E-state index contributed by atoms with van der Waals surface area (Å²) in [5.41, 5.74) is 5.99. The lowest BCUT2D eigenvalue weighted by Crippen LogP contribution is -2.38. The monoisotopic (exact) mass is 416 g/mol. The van der Waals surface area contributed by atoms with Crippen LogP contribution < -0.4 is 5.73 Å². The van der Waals surface area contributed by atoms with Crippen LogP contribution in [-0.4, -0.2) is 57.0 Å². The summed E-state index contributed by atoms with van der Waals surface area (Å²) in [4.78, 5) is 22.9. The molecule has 2 fully saturated rings. The van der Waals surface area contributed by atoms with Gasteiger partial charge in [0.2, 0.25) is 0 Å². The van der Waals surface area contributed by atoms with Gasteiger partial charge >= 0.3 is 12.1 Å². The summed E-state index contributed by atoms with van der Waals surface area (Å²) in [6.07, 6.45) is 1.72. The molecule has 7 nitrogen and oxygen atoms in total. The number of primary amides is 1. The number of aromatic nitrogens is 2. The fraction of sp³-hybridized carbons (Fsp3) is 0.500. The molecular weight excluding hydrogens is 396 g/mol. The van der Waals surface area contributed by atoms with E-state index in [0.29, 0.717) is 10.9 Å². The number of hydrogen-bond acceptors (Lipinski definition) is 4. The van der Waals surface area contributed by atoms with Crippen LogP contribution in [0.4, 0.5) is 17.6 Å². The summed E-state index contributed by atoms with van der Waals surface area (Å²) >= 11 is 0. The quantitative estimate of drug-likeness (QED) is 0.750. The van der Waals surface area contributed by atoms with Crippen LogP contribution in [0, 0.1) is 5.82 Å². The highest BCUT2D eigenvalue weighted by Crippen LogP contribution is 2.32. The Bertz CT molecular complexity index is 924. The first-order valence-corrected chi connectivity index (χ1v) is 9.08. The zero-order chi connectivity index (χ0) is 21.3. The van der Waals surface area contributed by atoms with Crippen LogP contribution in [0.3, 0.4) is 0 Å². The molecule has 1 aromatic carbocycles. The number of carbonyl (C=O) groups is 2. The van der Waals surface area contributed by atoms with E-state index in [1.54, 1.807) is 0 Å². The van der Waals surface area contributed by atoms with Crippen LogP contribution in [0.2, 0.25) is 0 Å². The maximum absolute atomic E-state index is 13.6. The number of likely N-dealkylation sites (tertiary alicyclic amines) is 1. The second kappa shape index (κ2) is 7.97. The normalized spacial score (nSPS) is 20.2. The van der Waals surface area contributed by atoms with Crippen LogP contribution in [0.5, 0.6) is 0 Å². The minimum atomic E-state index is -5.08. The lowest BCUT2D eigenvalue weighted by atomic mass is 9.92. The molecule has 2 heterocycles. The van der Waals surface area contributed by atoms with E-state index in [0.717, 1.165) is 31.6 Å². The summed E-state index contributed by atoms with van der Waals surface area (Å²) in [6, 6.07) is 3.59. The predicted molar refractivity (Wildman–Crippen MR) is 94.8 cm³/mol. The number of hydrogen-bond donors (Lipinski definition) is 2. The van der Waals surface area contributed by atoms with Crippen LogP contribution in [0.25, 0.3) is 10.9 Å². The molecule has 1 amide bonds. The van der Waals surface area contributed by atoms with Gasteiger partial charge in [-0.05, 0) is 31.4 Å². The van der Waals surface area contributed by atoms with Gasteiger partial charge in [-0.3, -0.25) is 14.4 Å². The number of rotatable bonds is 3. The zero-order valence-electron chi connectivity index (χ0n) is 15.3. The van der Waals surface area contributed by atoms with Crippen LogP contribution in [-0.2, 0) is 4.79 Å². The second-order valence-corrected chi connectivity index (χ2v) is 7.19. The lowest BCUT2D eigenvalue weighted by molar-refractivity contribution is -0.192. The Morgan fingerprint density at radius 2 is 1.83 bits per heavy atom. The summed E-state index contributed by atoms with van der Waals surface area (Å²) in [5, 5.41) is 12.3. The first kappa shape index (κ1) is 21.0. The number of amides is 1. The largest absolute Gasteiger partial charge is 0.490 e. The fourth-order valence-corrected chi connectivity index (χ4v) is 3.56. The maximum Gasteiger partial charge on any atom is 0.490 e. The molecule has 1 saturated heterocycles. The number of carbonyl (C=O) groups excluding carboxylic acids is 1. The van der Waals surface area contributed by atoms with Gasteiger partial charge in [-0.15, -0.1) is 0 Å². The Hall–Kier alpha value is -2.69. The Balaban J connectivity index is 0.000000298. The summed E-state index contributed by atoms with van der Waals surface area (Å²) in [6.45, 7) is 2.07. The van der Waals surface area contributed by atoms with Crippen molar-refractivity contribution in [3.8, 4) is 0 Å². The molecule has 1 unspecified atom stereocenters. The van der Waals surface area contributed by atoms with Gasteiger partial charge in [0.25, 0.3) is 5.91 Å². The van der Waals surface area contributed by atoms with E-state index in [1.807, 2.05) is 10.9 Å². The van der Waals surface area contributed by atoms with E-state index in [9.17, 15) is 22.4 Å². The highest BCUT2D eigenvalue weighted by Gasteiger charge is 2.38. The molecule has 11 heteroatoms. The Labute approximate surface area is 163 Å². The van der Waals surface area contributed by atoms with Crippen LogP contribution in [0.1, 0.15) is 42.1 Å². The Morgan fingerprint density at radius 1 is 1.17 bits per heavy atom. The average molecular weight is 416 g/mol. The van der Waals surface area contributed by atoms with Gasteiger partial charge in [0.15, 0.2) is 0 Å². The highest BCUT2D eigenvalue weighted by atomic mass is 19.4. The van der Waals surface area contributed by atoms with Gasteiger partial charge in [0.1, 0.15) is 11.3 Å². The van der Waals surface area contributed by atoms with Crippen molar-refractivity contribution in [2.75, 3.05) is 13.1 Å². The minimum absolute atomic E-state index is 0.155. The SMILES string of the molecule is NC(=O)c1cc(F)cc2cn(C3CCN(C4CCC4)C3)nc12.O=C(O)C(F)(F)F. The molecule has 29 heavy (non-hydrogen) atoms. The molecule has 0 spiro atoms. The van der Waals surface area contributed by atoms with Gasteiger partial charge < -0.3 is 10.8 Å². The molecule has 4 rings (SSSR count). The van der Waals surface area contributed by atoms with Crippen molar-refractivity contribution in [2.45, 2.75) is 43.9 Å². The van der Waals surface area contributed by atoms with Crippen molar-refractivity contribution in [3.63, 3.8) is 0 Å². The number of carboxylic acid groups (broad SMARTS) is 1. The summed E-state index contributed by atoms with van der Waals surface area (Å²) < 4.78 is 47.2. The molecule has 2 aromatic rings. The number of carboxylic acids is 1. The van der Waals surface area contributed by atoms with Gasteiger partial charge in [0.05, 0.1) is 11.6 Å². The third-order valence-corrected chi connectivity index (χ3v) is 5.26. The number of nitrogens with zero attached hydrogens (tertiary/aromatic N) is 3. The van der Waals surface area contributed by atoms with Crippen molar-refractivity contribution in [1.82, 2.24) is 14.7 Å². The zero-order valence-corrected chi connectivity index (χ0v) is 15.3. The molecule has 0 radical (unpaired) electrons. The summed E-state index contributed by atoms with van der Waals surface area (Å²) in [5.74, 6) is -3.85. The van der Waals surface area contributed by atoms with Crippen LogP contribution >= 0.6 is 0 Å². The fourth-order valence-electron chi connectivity index (χ4n) is 3.56. The molecule has 158 valence electrons. The number of halogens is 4. The molecule has 3 N–H and O–H groups in total. The van der Waals surface area contributed by atoms with Crippen molar-refractivity contribution in [2.24, 2.45) is 5.73 Å². The van der Waals surface area contributed by atoms with Gasteiger partial charge in [-0.25, -0.2) is 9.18 Å². The molecule has 1 saturated carbocycles. The Kier molecular flexibility index (Phi) is 5.78. The number of benzene rings is 1. The number of alkyl halides is 3. The highest BCUT2D eigenvalue weighted by molar-refractivity contribution is 6.04. The van der Waals surface area contributed by atoms with Gasteiger partial charge in [0, 0.05) is 30.7 Å². The first-order chi connectivity index (χ1) is 13.6. The van der Waals surface area contributed by atoms with Crippen LogP contribution in [0.15, 0.2) is 18.3 Å². The molecule has 1 aromatic heterocycles. The maximum atomic E-state index is 13.6. The van der Waals surface area contributed by atoms with E-state index in [4.69, 9.17) is 15.6 Å². The molecule has 0 bridgehead atoms. The topological polar surface area (TPSA) is 101 Å². The lowest BCUT2D eigenvalue weighted by Gasteiger charge is -2.34. The van der Waals surface area contributed by atoms with Crippen molar-refractivity contribution >= 4 is 22.8 Å². The minimum Gasteiger partial charge on any atom is -0.475 e. The molecule has 1 aliphatic heterocycles. The number of fused-ring (bicyclic) bond motifs is 1.